The number of nitrogens with one attached hydrogen (secondary N) is 1. The summed E-state index contributed by atoms with van der Waals surface area (Å²) in [6.07, 6.45) is 0. The van der Waals surface area contributed by atoms with Gasteiger partial charge in [-0.25, -0.2) is 9.97 Å². The van der Waals surface area contributed by atoms with E-state index in [-0.39, 0.29) is 0 Å². The first kappa shape index (κ1) is 17.9. The lowest BCUT2D eigenvalue weighted by Crippen LogP contribution is -2.02. The summed E-state index contributed by atoms with van der Waals surface area (Å²) < 4.78 is 6.71. The molecule has 0 spiro atoms. The van der Waals surface area contributed by atoms with Crippen molar-refractivity contribution in [2.24, 2.45) is 0 Å². The number of anilines is 1. The van der Waals surface area contributed by atoms with E-state index in [4.69, 9.17) is 4.42 Å². The highest BCUT2D eigenvalue weighted by Crippen LogP contribution is 2.29. The van der Waals surface area contributed by atoms with Crippen LogP contribution >= 0.6 is 27.7 Å². The van der Waals surface area contributed by atoms with Crippen LogP contribution in [0.15, 0.2) is 62.6 Å². The molecule has 0 saturated heterocycles. The van der Waals surface area contributed by atoms with Crippen LogP contribution in [0.2, 0.25) is 0 Å². The Morgan fingerprint density at radius 1 is 1.04 bits per heavy atom. The number of benzene rings is 2. The van der Waals surface area contributed by atoms with Gasteiger partial charge in [-0.3, -0.25) is 0 Å². The number of para-hydroxylation sites is 1. The summed E-state index contributed by atoms with van der Waals surface area (Å²) >= 11 is 4.97. The van der Waals surface area contributed by atoms with Crippen LogP contribution in [-0.2, 0) is 5.75 Å². The zero-order valence-electron chi connectivity index (χ0n) is 14.5. The number of nitrogens with zero attached hydrogens (tertiary/aromatic N) is 4. The lowest BCUT2D eigenvalue weighted by Gasteiger charge is -2.08. The van der Waals surface area contributed by atoms with Crippen molar-refractivity contribution in [3.8, 4) is 11.5 Å². The molecule has 4 rings (SSSR count). The third-order valence-electron chi connectivity index (χ3n) is 3.82. The zero-order chi connectivity index (χ0) is 18.6. The quantitative estimate of drug-likeness (QED) is 0.326. The molecule has 0 aliphatic carbocycles. The molecule has 4 aromatic rings. The van der Waals surface area contributed by atoms with Crippen molar-refractivity contribution in [3.63, 3.8) is 0 Å². The van der Waals surface area contributed by atoms with Crippen LogP contribution in [0.5, 0.6) is 0 Å². The van der Waals surface area contributed by atoms with Crippen molar-refractivity contribution < 1.29 is 4.42 Å². The minimum absolute atomic E-state index is 0.492. The van der Waals surface area contributed by atoms with E-state index in [1.165, 1.54) is 11.8 Å². The van der Waals surface area contributed by atoms with Crippen molar-refractivity contribution in [2.45, 2.75) is 17.8 Å². The van der Waals surface area contributed by atoms with Gasteiger partial charge in [0.1, 0.15) is 5.82 Å². The third-order valence-corrected chi connectivity index (χ3v) is 5.35. The summed E-state index contributed by atoms with van der Waals surface area (Å²) in [6, 6.07) is 15.7. The summed E-state index contributed by atoms with van der Waals surface area (Å²) in [5, 5.41) is 13.3. The average molecular weight is 442 g/mol. The number of hydrogen-bond acceptors (Lipinski definition) is 7. The topological polar surface area (TPSA) is 76.7 Å². The summed E-state index contributed by atoms with van der Waals surface area (Å²) in [5.41, 5.74) is 1.78. The second-order valence-corrected chi connectivity index (χ2v) is 7.47. The summed E-state index contributed by atoms with van der Waals surface area (Å²) in [6.45, 7) is 2.84. The first-order chi connectivity index (χ1) is 13.2. The first-order valence-corrected chi connectivity index (χ1v) is 10.2. The van der Waals surface area contributed by atoms with Gasteiger partial charge in [0.25, 0.3) is 0 Å². The number of aromatic nitrogens is 4. The summed E-state index contributed by atoms with van der Waals surface area (Å²) in [7, 11) is 0. The highest BCUT2D eigenvalue weighted by molar-refractivity contribution is 9.10. The summed E-state index contributed by atoms with van der Waals surface area (Å²) in [5.74, 6) is 2.37. The van der Waals surface area contributed by atoms with E-state index in [0.29, 0.717) is 22.7 Å². The van der Waals surface area contributed by atoms with Crippen LogP contribution < -0.4 is 5.32 Å². The van der Waals surface area contributed by atoms with E-state index in [2.05, 4.69) is 41.4 Å². The minimum Gasteiger partial charge on any atom is -0.420 e. The molecule has 0 saturated carbocycles. The van der Waals surface area contributed by atoms with Crippen molar-refractivity contribution >= 4 is 44.4 Å². The van der Waals surface area contributed by atoms with Gasteiger partial charge in [-0.15, -0.1) is 10.2 Å². The van der Waals surface area contributed by atoms with Crippen LogP contribution in [0.25, 0.3) is 22.4 Å². The standard InChI is InChI=1S/C19H16BrN5OS/c1-2-21-17-13-8-4-6-10-15(13)22-19(23-17)27-11-16-24-25-18(26-16)12-7-3-5-9-14(12)20/h3-10H,2,11H2,1H3,(H,21,22,23). The maximum Gasteiger partial charge on any atom is 0.248 e. The zero-order valence-corrected chi connectivity index (χ0v) is 16.9. The number of fused-ring (bicyclic) bond motifs is 1. The van der Waals surface area contributed by atoms with Crippen LogP contribution in [0, 0.1) is 0 Å². The van der Waals surface area contributed by atoms with E-state index >= 15 is 0 Å². The molecule has 0 atom stereocenters. The van der Waals surface area contributed by atoms with Gasteiger partial charge in [-0.1, -0.05) is 36.0 Å². The SMILES string of the molecule is CCNc1nc(SCc2nnc(-c3ccccc3Br)o2)nc2ccccc12. The van der Waals surface area contributed by atoms with Crippen LogP contribution in [0.3, 0.4) is 0 Å². The molecule has 2 heterocycles. The van der Waals surface area contributed by atoms with E-state index < -0.39 is 0 Å². The third kappa shape index (κ3) is 3.96. The average Bonchev–Trinajstić information content (AvgIpc) is 3.16. The minimum atomic E-state index is 0.492. The number of rotatable bonds is 6. The second kappa shape index (κ2) is 8.06. The van der Waals surface area contributed by atoms with Gasteiger partial charge in [0.05, 0.1) is 16.8 Å². The van der Waals surface area contributed by atoms with Gasteiger partial charge >= 0.3 is 0 Å². The largest absolute Gasteiger partial charge is 0.420 e. The molecule has 0 fully saturated rings. The lowest BCUT2D eigenvalue weighted by atomic mass is 10.2. The molecule has 0 unspecified atom stereocenters. The Balaban J connectivity index is 1.55. The molecule has 1 N–H and O–H groups in total. The molecule has 0 bridgehead atoms. The van der Waals surface area contributed by atoms with Gasteiger partial charge in [0, 0.05) is 16.4 Å². The Morgan fingerprint density at radius 3 is 2.70 bits per heavy atom. The Labute approximate surface area is 169 Å². The van der Waals surface area contributed by atoms with Gasteiger partial charge in [-0.05, 0) is 47.1 Å². The maximum absolute atomic E-state index is 5.79. The Hall–Kier alpha value is -2.45. The fourth-order valence-corrected chi connectivity index (χ4v) is 3.75. The van der Waals surface area contributed by atoms with E-state index in [1.807, 2.05) is 55.5 Å². The van der Waals surface area contributed by atoms with E-state index in [1.54, 1.807) is 0 Å². The van der Waals surface area contributed by atoms with Gasteiger partial charge in [0.15, 0.2) is 5.16 Å². The highest BCUT2D eigenvalue weighted by Gasteiger charge is 2.13. The number of hydrogen-bond donors (Lipinski definition) is 1. The Kier molecular flexibility index (Phi) is 5.35. The van der Waals surface area contributed by atoms with Crippen LogP contribution in [-0.4, -0.2) is 26.7 Å². The first-order valence-electron chi connectivity index (χ1n) is 8.45. The van der Waals surface area contributed by atoms with E-state index in [9.17, 15) is 0 Å². The molecule has 8 heteroatoms. The molecule has 136 valence electrons. The van der Waals surface area contributed by atoms with Crippen molar-refractivity contribution in [3.05, 3.63) is 58.9 Å². The molecule has 0 amide bonds. The van der Waals surface area contributed by atoms with E-state index in [0.717, 1.165) is 33.3 Å². The van der Waals surface area contributed by atoms with Crippen molar-refractivity contribution in [1.29, 1.82) is 0 Å². The molecule has 0 aliphatic rings. The predicted molar refractivity (Wildman–Crippen MR) is 111 cm³/mol. The maximum atomic E-state index is 5.79. The van der Waals surface area contributed by atoms with Crippen molar-refractivity contribution in [2.75, 3.05) is 11.9 Å². The molecule has 0 aliphatic heterocycles. The molecular weight excluding hydrogens is 426 g/mol. The molecule has 2 aromatic heterocycles. The number of halogens is 1. The Bertz CT molecular complexity index is 1080. The fraction of sp³-hybridized carbons (Fsp3) is 0.158. The van der Waals surface area contributed by atoms with Crippen LogP contribution in [0.4, 0.5) is 5.82 Å². The second-order valence-electron chi connectivity index (χ2n) is 5.67. The van der Waals surface area contributed by atoms with Crippen molar-refractivity contribution in [1.82, 2.24) is 20.2 Å². The normalized spacial score (nSPS) is 11.0. The molecule has 27 heavy (non-hydrogen) atoms. The Morgan fingerprint density at radius 2 is 1.85 bits per heavy atom. The van der Waals surface area contributed by atoms with Gasteiger partial charge in [-0.2, -0.15) is 0 Å². The summed E-state index contributed by atoms with van der Waals surface area (Å²) in [4.78, 5) is 9.25. The fourth-order valence-electron chi connectivity index (χ4n) is 2.60. The lowest BCUT2D eigenvalue weighted by molar-refractivity contribution is 0.528. The molecule has 6 nitrogen and oxygen atoms in total. The molecule has 0 radical (unpaired) electrons. The number of thioether (sulfide) groups is 1. The van der Waals surface area contributed by atoms with Crippen LogP contribution in [0.1, 0.15) is 12.8 Å². The molecule has 2 aromatic carbocycles. The van der Waals surface area contributed by atoms with Gasteiger partial charge < -0.3 is 9.73 Å². The monoisotopic (exact) mass is 441 g/mol. The molecular formula is C19H16BrN5OS. The van der Waals surface area contributed by atoms with Gasteiger partial charge in [0.2, 0.25) is 11.8 Å². The highest BCUT2D eigenvalue weighted by atomic mass is 79.9. The smallest absolute Gasteiger partial charge is 0.248 e. The predicted octanol–water partition coefficient (Wildman–Crippen LogP) is 5.17.